The number of hydrogen-bond acceptors (Lipinski definition) is 3. The molecule has 0 heterocycles. The van der Waals surface area contributed by atoms with Crippen molar-refractivity contribution in [3.8, 4) is 0 Å². The molecule has 0 radical (unpaired) electrons. The fourth-order valence-corrected chi connectivity index (χ4v) is 1.69. The number of ether oxygens (including phenoxy) is 1. The number of rotatable bonds is 5. The summed E-state index contributed by atoms with van der Waals surface area (Å²) < 4.78 is 4.77. The summed E-state index contributed by atoms with van der Waals surface area (Å²) in [5.41, 5.74) is 1.38. The number of nitrogens with one attached hydrogen (secondary N) is 1. The number of benzene rings is 1. The Balaban J connectivity index is 0.00000191. The van der Waals surface area contributed by atoms with Crippen LogP contribution in [0.2, 0.25) is 0 Å². The van der Waals surface area contributed by atoms with Crippen molar-refractivity contribution in [2.24, 2.45) is 0 Å². The first-order valence-corrected chi connectivity index (χ1v) is 7.39. The molecule has 1 rings (SSSR count). The summed E-state index contributed by atoms with van der Waals surface area (Å²) in [5, 5.41) is 2.61. The van der Waals surface area contributed by atoms with Gasteiger partial charge in [0.1, 0.15) is 6.54 Å². The molecule has 4 heteroatoms. The Morgan fingerprint density at radius 1 is 1.14 bits per heavy atom. The van der Waals surface area contributed by atoms with Crippen LogP contribution in [0.15, 0.2) is 24.3 Å². The van der Waals surface area contributed by atoms with Crippen molar-refractivity contribution in [1.82, 2.24) is 5.32 Å². The number of amides is 1. The standard InChI is InChI=1S/C15H21NO3.C2H6/c1-5-19-13(17)10-16-14(18)15(3,4)12-8-6-11(2)7-9-12;1-2/h6-9H,5,10H2,1-4H3,(H,16,18);1-2H3. The number of carbonyl (C=O) groups excluding carboxylic acids is 2. The van der Waals surface area contributed by atoms with E-state index in [0.717, 1.165) is 11.1 Å². The molecule has 21 heavy (non-hydrogen) atoms. The molecule has 0 atom stereocenters. The number of aryl methyl sites for hydroxylation is 1. The van der Waals surface area contributed by atoms with Gasteiger partial charge in [-0.05, 0) is 33.3 Å². The van der Waals surface area contributed by atoms with Gasteiger partial charge in [0, 0.05) is 0 Å². The third-order valence-electron chi connectivity index (χ3n) is 3.04. The summed E-state index contributed by atoms with van der Waals surface area (Å²) in [6, 6.07) is 7.80. The highest BCUT2D eigenvalue weighted by Gasteiger charge is 2.29. The zero-order chi connectivity index (χ0) is 16.5. The summed E-state index contributed by atoms with van der Waals surface area (Å²) in [4.78, 5) is 23.4. The molecule has 1 aromatic rings. The summed E-state index contributed by atoms with van der Waals surface area (Å²) in [6.07, 6.45) is 0. The van der Waals surface area contributed by atoms with Gasteiger partial charge in [-0.2, -0.15) is 0 Å². The maximum absolute atomic E-state index is 12.1. The van der Waals surface area contributed by atoms with E-state index in [1.807, 2.05) is 58.9 Å². The van der Waals surface area contributed by atoms with Gasteiger partial charge < -0.3 is 10.1 Å². The summed E-state index contributed by atoms with van der Waals surface area (Å²) in [6.45, 7) is 11.6. The largest absolute Gasteiger partial charge is 0.465 e. The molecule has 0 bridgehead atoms. The molecule has 0 fully saturated rings. The van der Waals surface area contributed by atoms with Crippen LogP contribution in [0.3, 0.4) is 0 Å². The first-order valence-electron chi connectivity index (χ1n) is 7.39. The molecule has 0 aliphatic carbocycles. The van der Waals surface area contributed by atoms with Crippen LogP contribution in [0.1, 0.15) is 45.7 Å². The van der Waals surface area contributed by atoms with Crippen LogP contribution in [0.4, 0.5) is 0 Å². The predicted octanol–water partition coefficient (Wildman–Crippen LogP) is 2.98. The van der Waals surface area contributed by atoms with Crippen LogP contribution in [-0.4, -0.2) is 25.0 Å². The van der Waals surface area contributed by atoms with Crippen molar-refractivity contribution < 1.29 is 14.3 Å². The second kappa shape index (κ2) is 9.16. The zero-order valence-corrected chi connectivity index (χ0v) is 13.9. The minimum atomic E-state index is -0.680. The maximum Gasteiger partial charge on any atom is 0.325 e. The van der Waals surface area contributed by atoms with Crippen LogP contribution in [0.25, 0.3) is 0 Å². The Morgan fingerprint density at radius 2 is 1.67 bits per heavy atom. The normalized spacial score (nSPS) is 10.2. The number of esters is 1. The van der Waals surface area contributed by atoms with E-state index in [9.17, 15) is 9.59 Å². The van der Waals surface area contributed by atoms with E-state index in [0.29, 0.717) is 6.61 Å². The van der Waals surface area contributed by atoms with Crippen molar-refractivity contribution in [3.05, 3.63) is 35.4 Å². The highest BCUT2D eigenvalue weighted by Crippen LogP contribution is 2.23. The van der Waals surface area contributed by atoms with Gasteiger partial charge in [-0.15, -0.1) is 0 Å². The van der Waals surface area contributed by atoms with Crippen molar-refractivity contribution in [1.29, 1.82) is 0 Å². The van der Waals surface area contributed by atoms with Crippen molar-refractivity contribution >= 4 is 11.9 Å². The van der Waals surface area contributed by atoms with E-state index >= 15 is 0 Å². The SMILES string of the molecule is CC.CCOC(=O)CNC(=O)C(C)(C)c1ccc(C)cc1. The fraction of sp³-hybridized carbons (Fsp3) is 0.529. The smallest absolute Gasteiger partial charge is 0.325 e. The van der Waals surface area contributed by atoms with E-state index in [2.05, 4.69) is 5.32 Å². The molecule has 1 aromatic carbocycles. The molecule has 0 aliphatic rings. The monoisotopic (exact) mass is 293 g/mol. The van der Waals surface area contributed by atoms with Gasteiger partial charge in [-0.25, -0.2) is 0 Å². The first kappa shape index (κ1) is 19.2. The van der Waals surface area contributed by atoms with Crippen LogP contribution in [0.5, 0.6) is 0 Å². The highest BCUT2D eigenvalue weighted by atomic mass is 16.5. The molecule has 0 unspecified atom stereocenters. The average Bonchev–Trinajstić information content (AvgIpc) is 2.47. The lowest BCUT2D eigenvalue weighted by molar-refractivity contribution is -0.143. The van der Waals surface area contributed by atoms with Crippen LogP contribution in [0, 0.1) is 6.92 Å². The topological polar surface area (TPSA) is 55.4 Å². The highest BCUT2D eigenvalue weighted by molar-refractivity contribution is 5.89. The molecule has 1 amide bonds. The van der Waals surface area contributed by atoms with Crippen molar-refractivity contribution in [3.63, 3.8) is 0 Å². The van der Waals surface area contributed by atoms with E-state index in [-0.39, 0.29) is 12.5 Å². The lowest BCUT2D eigenvalue weighted by atomic mass is 9.83. The molecular weight excluding hydrogens is 266 g/mol. The number of hydrogen-bond donors (Lipinski definition) is 1. The Kier molecular flexibility index (Phi) is 8.36. The van der Waals surface area contributed by atoms with Gasteiger partial charge in [0.15, 0.2) is 0 Å². The van der Waals surface area contributed by atoms with E-state index < -0.39 is 11.4 Å². The second-order valence-electron chi connectivity index (χ2n) is 4.98. The van der Waals surface area contributed by atoms with Gasteiger partial charge in [0.2, 0.25) is 5.91 Å². The summed E-state index contributed by atoms with van der Waals surface area (Å²) in [5.74, 6) is -0.611. The van der Waals surface area contributed by atoms with Gasteiger partial charge in [0.05, 0.1) is 12.0 Å². The third-order valence-corrected chi connectivity index (χ3v) is 3.04. The minimum Gasteiger partial charge on any atom is -0.465 e. The quantitative estimate of drug-likeness (QED) is 0.849. The number of carbonyl (C=O) groups is 2. The molecule has 0 spiro atoms. The fourth-order valence-electron chi connectivity index (χ4n) is 1.69. The van der Waals surface area contributed by atoms with Gasteiger partial charge >= 0.3 is 5.97 Å². The summed E-state index contributed by atoms with van der Waals surface area (Å²) >= 11 is 0. The molecular formula is C17H27NO3. The molecule has 0 aromatic heterocycles. The molecule has 118 valence electrons. The first-order chi connectivity index (χ1) is 9.87. The lowest BCUT2D eigenvalue weighted by Gasteiger charge is -2.24. The predicted molar refractivity (Wildman–Crippen MR) is 85.2 cm³/mol. The van der Waals surface area contributed by atoms with E-state index in [4.69, 9.17) is 4.74 Å². The molecule has 1 N–H and O–H groups in total. The Labute approximate surface area is 127 Å². The van der Waals surface area contributed by atoms with Crippen LogP contribution in [-0.2, 0) is 19.7 Å². The average molecular weight is 293 g/mol. The van der Waals surface area contributed by atoms with Crippen LogP contribution >= 0.6 is 0 Å². The summed E-state index contributed by atoms with van der Waals surface area (Å²) in [7, 11) is 0. The maximum atomic E-state index is 12.1. The molecule has 0 saturated carbocycles. The Hall–Kier alpha value is -1.84. The second-order valence-corrected chi connectivity index (χ2v) is 4.98. The zero-order valence-electron chi connectivity index (χ0n) is 13.9. The lowest BCUT2D eigenvalue weighted by Crippen LogP contribution is -2.42. The Morgan fingerprint density at radius 3 is 2.14 bits per heavy atom. The van der Waals surface area contributed by atoms with Gasteiger partial charge in [-0.1, -0.05) is 43.7 Å². The molecule has 0 saturated heterocycles. The van der Waals surface area contributed by atoms with Crippen molar-refractivity contribution in [2.45, 2.75) is 47.0 Å². The van der Waals surface area contributed by atoms with Crippen LogP contribution < -0.4 is 5.32 Å². The van der Waals surface area contributed by atoms with E-state index in [1.54, 1.807) is 6.92 Å². The van der Waals surface area contributed by atoms with Gasteiger partial charge in [-0.3, -0.25) is 9.59 Å². The molecule has 0 aliphatic heterocycles. The third kappa shape index (κ3) is 5.98. The van der Waals surface area contributed by atoms with Gasteiger partial charge in [0.25, 0.3) is 0 Å². The molecule has 4 nitrogen and oxygen atoms in total. The Bertz CT molecular complexity index is 450. The van der Waals surface area contributed by atoms with E-state index in [1.165, 1.54) is 0 Å². The minimum absolute atomic E-state index is 0.0953. The van der Waals surface area contributed by atoms with Crippen molar-refractivity contribution in [2.75, 3.05) is 13.2 Å².